The molecule has 112 valence electrons. The van der Waals surface area contributed by atoms with Crippen molar-refractivity contribution in [1.82, 2.24) is 14.8 Å². The number of hydrogen-bond acceptors (Lipinski definition) is 4. The van der Waals surface area contributed by atoms with E-state index < -0.39 is 0 Å². The van der Waals surface area contributed by atoms with Crippen molar-refractivity contribution < 1.29 is 4.79 Å². The fraction of sp³-hybridized carbons (Fsp3) is 0. The van der Waals surface area contributed by atoms with Gasteiger partial charge in [-0.2, -0.15) is 5.10 Å². The first kappa shape index (κ1) is 13.7. The Hall–Kier alpha value is -2.99. The Bertz CT molecular complexity index is 942. The first-order valence-electron chi connectivity index (χ1n) is 7.06. The van der Waals surface area contributed by atoms with Crippen LogP contribution >= 0.6 is 11.3 Å². The van der Waals surface area contributed by atoms with Gasteiger partial charge in [-0.1, -0.05) is 18.2 Å². The molecule has 23 heavy (non-hydrogen) atoms. The Labute approximate surface area is 136 Å². The van der Waals surface area contributed by atoms with Gasteiger partial charge < -0.3 is 5.32 Å². The van der Waals surface area contributed by atoms with Gasteiger partial charge in [0.05, 0.1) is 10.6 Å². The number of rotatable bonds is 3. The van der Waals surface area contributed by atoms with Gasteiger partial charge >= 0.3 is 0 Å². The number of amides is 1. The van der Waals surface area contributed by atoms with Crippen LogP contribution in [0.1, 0.15) is 9.67 Å². The lowest BCUT2D eigenvalue weighted by Gasteiger charge is -2.08. The molecule has 5 nitrogen and oxygen atoms in total. The van der Waals surface area contributed by atoms with Crippen LogP contribution in [0.5, 0.6) is 0 Å². The van der Waals surface area contributed by atoms with E-state index in [9.17, 15) is 4.79 Å². The van der Waals surface area contributed by atoms with Crippen molar-refractivity contribution in [3.8, 4) is 5.82 Å². The highest BCUT2D eigenvalue weighted by Crippen LogP contribution is 2.26. The lowest BCUT2D eigenvalue weighted by atomic mass is 10.2. The molecule has 6 heteroatoms. The topological polar surface area (TPSA) is 59.8 Å². The summed E-state index contributed by atoms with van der Waals surface area (Å²) >= 11 is 1.47. The van der Waals surface area contributed by atoms with E-state index in [-0.39, 0.29) is 5.91 Å². The second kappa shape index (κ2) is 5.66. The Morgan fingerprint density at radius 1 is 1.09 bits per heavy atom. The first-order valence-corrected chi connectivity index (χ1v) is 7.88. The summed E-state index contributed by atoms with van der Waals surface area (Å²) in [6.07, 6.45) is 5.13. The van der Waals surface area contributed by atoms with Crippen LogP contribution in [-0.4, -0.2) is 20.7 Å². The number of fused-ring (bicyclic) bond motifs is 1. The summed E-state index contributed by atoms with van der Waals surface area (Å²) in [5.41, 5.74) is 0.624. The number of nitrogens with one attached hydrogen (secondary N) is 1. The summed E-state index contributed by atoms with van der Waals surface area (Å²) in [4.78, 5) is 17.5. The van der Waals surface area contributed by atoms with Crippen LogP contribution in [0.25, 0.3) is 15.9 Å². The molecule has 3 aromatic heterocycles. The summed E-state index contributed by atoms with van der Waals surface area (Å²) in [6.45, 7) is 0. The van der Waals surface area contributed by atoms with Gasteiger partial charge in [-0.25, -0.2) is 9.67 Å². The molecule has 1 aromatic carbocycles. The number of aromatic nitrogens is 3. The standard InChI is InChI=1S/C17H12N4OS/c22-17(15-11-12-5-1-2-7-14(12)23-15)20-13-6-3-8-18-16(13)21-10-4-9-19-21/h1-11H,(H,20,22). The number of carbonyl (C=O) groups is 1. The van der Waals surface area contributed by atoms with E-state index in [1.54, 1.807) is 29.3 Å². The largest absolute Gasteiger partial charge is 0.318 e. The SMILES string of the molecule is O=C(Nc1cccnc1-n1cccn1)c1cc2ccccc2s1. The van der Waals surface area contributed by atoms with E-state index in [0.29, 0.717) is 16.4 Å². The molecule has 0 aliphatic heterocycles. The Kier molecular flexibility index (Phi) is 3.36. The number of pyridine rings is 1. The molecule has 0 aliphatic rings. The fourth-order valence-corrected chi connectivity index (χ4v) is 3.31. The molecule has 0 unspecified atom stereocenters. The Morgan fingerprint density at radius 3 is 2.83 bits per heavy atom. The molecule has 0 atom stereocenters. The molecule has 1 N–H and O–H groups in total. The van der Waals surface area contributed by atoms with E-state index in [0.717, 1.165) is 10.1 Å². The van der Waals surface area contributed by atoms with Crippen molar-refractivity contribution in [2.75, 3.05) is 5.32 Å². The maximum atomic E-state index is 12.5. The molecule has 0 spiro atoms. The van der Waals surface area contributed by atoms with Crippen molar-refractivity contribution >= 4 is 33.0 Å². The highest BCUT2D eigenvalue weighted by Gasteiger charge is 2.13. The summed E-state index contributed by atoms with van der Waals surface area (Å²) < 4.78 is 2.72. The van der Waals surface area contributed by atoms with E-state index in [2.05, 4.69) is 15.4 Å². The lowest BCUT2D eigenvalue weighted by molar-refractivity contribution is 0.103. The zero-order chi connectivity index (χ0) is 15.6. The monoisotopic (exact) mass is 320 g/mol. The van der Waals surface area contributed by atoms with Crippen molar-refractivity contribution in [3.05, 3.63) is 72.0 Å². The number of carbonyl (C=O) groups excluding carboxylic acids is 1. The third-order valence-corrected chi connectivity index (χ3v) is 4.52. The molecule has 3 heterocycles. The predicted octanol–water partition coefficient (Wildman–Crippen LogP) is 3.73. The zero-order valence-corrected chi connectivity index (χ0v) is 12.8. The molecule has 4 aromatic rings. The van der Waals surface area contributed by atoms with Gasteiger partial charge in [0, 0.05) is 23.3 Å². The molecule has 0 radical (unpaired) electrons. The highest BCUT2D eigenvalue weighted by atomic mass is 32.1. The third-order valence-electron chi connectivity index (χ3n) is 3.41. The summed E-state index contributed by atoms with van der Waals surface area (Å²) in [7, 11) is 0. The molecule has 0 aliphatic carbocycles. The number of benzene rings is 1. The molecular formula is C17H12N4OS. The quantitative estimate of drug-likeness (QED) is 0.625. The average molecular weight is 320 g/mol. The normalized spacial score (nSPS) is 10.8. The van der Waals surface area contributed by atoms with Crippen molar-refractivity contribution in [3.63, 3.8) is 0 Å². The number of hydrogen-bond donors (Lipinski definition) is 1. The van der Waals surface area contributed by atoms with Crippen molar-refractivity contribution in [2.45, 2.75) is 0 Å². The maximum Gasteiger partial charge on any atom is 0.265 e. The maximum absolute atomic E-state index is 12.5. The highest BCUT2D eigenvalue weighted by molar-refractivity contribution is 7.20. The van der Waals surface area contributed by atoms with Gasteiger partial charge in [-0.05, 0) is 35.7 Å². The van der Waals surface area contributed by atoms with Gasteiger partial charge in [0.2, 0.25) is 0 Å². The van der Waals surface area contributed by atoms with E-state index in [4.69, 9.17) is 0 Å². The molecule has 1 amide bonds. The van der Waals surface area contributed by atoms with E-state index >= 15 is 0 Å². The minimum absolute atomic E-state index is 0.146. The van der Waals surface area contributed by atoms with Crippen molar-refractivity contribution in [2.24, 2.45) is 0 Å². The molecule has 0 bridgehead atoms. The van der Waals surface area contributed by atoms with Crippen LogP contribution in [0.15, 0.2) is 67.1 Å². The van der Waals surface area contributed by atoms with Crippen LogP contribution < -0.4 is 5.32 Å². The summed E-state index contributed by atoms with van der Waals surface area (Å²) in [5, 5.41) is 8.16. The van der Waals surface area contributed by atoms with E-state index in [1.165, 1.54) is 11.3 Å². The summed E-state index contributed by atoms with van der Waals surface area (Å²) in [6, 6.07) is 15.3. The van der Waals surface area contributed by atoms with Crippen LogP contribution in [0.3, 0.4) is 0 Å². The molecule has 4 rings (SSSR count). The third kappa shape index (κ3) is 2.60. The summed E-state index contributed by atoms with van der Waals surface area (Å²) in [5.74, 6) is 0.444. The minimum Gasteiger partial charge on any atom is -0.318 e. The lowest BCUT2D eigenvalue weighted by Crippen LogP contribution is -2.13. The van der Waals surface area contributed by atoms with Crippen LogP contribution in [-0.2, 0) is 0 Å². The second-order valence-corrected chi connectivity index (χ2v) is 6.01. The minimum atomic E-state index is -0.146. The fourth-order valence-electron chi connectivity index (χ4n) is 2.35. The Balaban J connectivity index is 1.67. The predicted molar refractivity (Wildman–Crippen MR) is 91.1 cm³/mol. The van der Waals surface area contributed by atoms with Crippen LogP contribution in [0.4, 0.5) is 5.69 Å². The smallest absolute Gasteiger partial charge is 0.265 e. The molecule has 0 saturated carbocycles. The van der Waals surface area contributed by atoms with Gasteiger partial charge in [0.15, 0.2) is 5.82 Å². The molecular weight excluding hydrogens is 308 g/mol. The molecule has 0 fully saturated rings. The zero-order valence-electron chi connectivity index (χ0n) is 12.0. The van der Waals surface area contributed by atoms with Gasteiger partial charge in [-0.3, -0.25) is 4.79 Å². The van der Waals surface area contributed by atoms with Gasteiger partial charge in [-0.15, -0.1) is 11.3 Å². The van der Waals surface area contributed by atoms with E-state index in [1.807, 2.05) is 42.5 Å². The van der Waals surface area contributed by atoms with Crippen LogP contribution in [0.2, 0.25) is 0 Å². The van der Waals surface area contributed by atoms with Crippen molar-refractivity contribution in [1.29, 1.82) is 0 Å². The first-order chi connectivity index (χ1) is 11.3. The molecule has 0 saturated heterocycles. The number of anilines is 1. The Morgan fingerprint density at radius 2 is 2.00 bits per heavy atom. The van der Waals surface area contributed by atoms with Gasteiger partial charge in [0.1, 0.15) is 0 Å². The average Bonchev–Trinajstić information content (AvgIpc) is 3.25. The number of thiophene rings is 1. The second-order valence-electron chi connectivity index (χ2n) is 4.93. The van der Waals surface area contributed by atoms with Crippen LogP contribution in [0, 0.1) is 0 Å². The van der Waals surface area contributed by atoms with Gasteiger partial charge in [0.25, 0.3) is 5.91 Å². The number of nitrogens with zero attached hydrogens (tertiary/aromatic N) is 3.